The first-order valence-electron chi connectivity index (χ1n) is 8.42. The fraction of sp³-hybridized carbons (Fsp3) is 0.190. The van der Waals surface area contributed by atoms with Gasteiger partial charge >= 0.3 is 0 Å². The van der Waals surface area contributed by atoms with Gasteiger partial charge in [0.05, 0.1) is 17.1 Å². The van der Waals surface area contributed by atoms with E-state index in [4.69, 9.17) is 10.7 Å². The molecule has 0 aliphatic carbocycles. The summed E-state index contributed by atoms with van der Waals surface area (Å²) in [7, 11) is 0. The Kier molecular flexibility index (Phi) is 3.94. The highest BCUT2D eigenvalue weighted by atomic mass is 32.1. The van der Waals surface area contributed by atoms with Crippen LogP contribution in [0.4, 0.5) is 0 Å². The molecule has 2 heterocycles. The Morgan fingerprint density at radius 2 is 1.68 bits per heavy atom. The number of benzene rings is 2. The maximum atomic E-state index is 6.13. The summed E-state index contributed by atoms with van der Waals surface area (Å²) in [5.74, 6) is 0. The molecule has 4 aromatic rings. The third kappa shape index (κ3) is 2.68. The zero-order valence-electron chi connectivity index (χ0n) is 14.7. The van der Waals surface area contributed by atoms with Crippen LogP contribution in [0.2, 0.25) is 0 Å². The average Bonchev–Trinajstić information content (AvgIpc) is 3.17. The van der Waals surface area contributed by atoms with Crippen LogP contribution in [0.1, 0.15) is 22.4 Å². The Hall–Kier alpha value is -2.43. The second-order valence-electron chi connectivity index (χ2n) is 6.52. The lowest BCUT2D eigenvalue weighted by Gasteiger charge is -2.07. The summed E-state index contributed by atoms with van der Waals surface area (Å²) < 4.78 is 2.21. The van der Waals surface area contributed by atoms with Crippen LogP contribution in [0.25, 0.3) is 27.5 Å². The summed E-state index contributed by atoms with van der Waals surface area (Å²) in [6, 6.07) is 15.1. The van der Waals surface area contributed by atoms with Crippen molar-refractivity contribution < 1.29 is 0 Å². The molecule has 0 saturated heterocycles. The minimum atomic E-state index is 0.457. The van der Waals surface area contributed by atoms with E-state index in [0.29, 0.717) is 6.54 Å². The molecule has 0 amide bonds. The summed E-state index contributed by atoms with van der Waals surface area (Å²) >= 11 is 1.66. The molecule has 2 aromatic carbocycles. The van der Waals surface area contributed by atoms with Crippen molar-refractivity contribution in [3.63, 3.8) is 0 Å². The van der Waals surface area contributed by atoms with Gasteiger partial charge in [0.1, 0.15) is 0 Å². The van der Waals surface area contributed by atoms with Gasteiger partial charge in [-0.1, -0.05) is 42.0 Å². The first-order valence-corrected chi connectivity index (χ1v) is 9.30. The Balaban J connectivity index is 1.93. The molecule has 25 heavy (non-hydrogen) atoms. The van der Waals surface area contributed by atoms with Crippen molar-refractivity contribution >= 4 is 16.3 Å². The summed E-state index contributed by atoms with van der Waals surface area (Å²) in [6.45, 7) is 6.84. The number of nitrogens with two attached hydrogens (primary N) is 1. The molecule has 4 heteroatoms. The molecule has 0 unspecified atom stereocenters. The highest BCUT2D eigenvalue weighted by Crippen LogP contribution is 2.33. The normalized spacial score (nSPS) is 11.4. The van der Waals surface area contributed by atoms with Crippen molar-refractivity contribution in [3.8, 4) is 22.5 Å². The number of hydrogen-bond donors (Lipinski definition) is 1. The summed E-state index contributed by atoms with van der Waals surface area (Å²) in [5, 5.41) is 2.17. The summed E-state index contributed by atoms with van der Waals surface area (Å²) in [4.78, 5) is 5.86. The Bertz CT molecular complexity index is 1050. The Morgan fingerprint density at radius 1 is 0.960 bits per heavy atom. The van der Waals surface area contributed by atoms with E-state index in [1.807, 2.05) is 0 Å². The Morgan fingerprint density at radius 3 is 2.36 bits per heavy atom. The number of rotatable bonds is 3. The monoisotopic (exact) mass is 347 g/mol. The van der Waals surface area contributed by atoms with Gasteiger partial charge in [0.25, 0.3) is 0 Å². The van der Waals surface area contributed by atoms with E-state index in [0.717, 1.165) is 27.6 Å². The number of aromatic nitrogens is 2. The highest BCUT2D eigenvalue weighted by molar-refractivity contribution is 7.15. The van der Waals surface area contributed by atoms with Crippen LogP contribution in [0.5, 0.6) is 0 Å². The zero-order chi connectivity index (χ0) is 17.6. The van der Waals surface area contributed by atoms with Crippen molar-refractivity contribution in [1.29, 1.82) is 0 Å². The smallest absolute Gasteiger partial charge is 0.195 e. The molecule has 0 aliphatic heterocycles. The van der Waals surface area contributed by atoms with E-state index in [1.54, 1.807) is 11.3 Å². The molecular weight excluding hydrogens is 326 g/mol. The van der Waals surface area contributed by atoms with Gasteiger partial charge in [-0.15, -0.1) is 11.3 Å². The maximum Gasteiger partial charge on any atom is 0.195 e. The predicted octanol–water partition coefficient (Wildman–Crippen LogP) is 5.11. The van der Waals surface area contributed by atoms with Gasteiger partial charge in [-0.2, -0.15) is 0 Å². The van der Waals surface area contributed by atoms with Crippen molar-refractivity contribution in [2.24, 2.45) is 5.73 Å². The predicted molar refractivity (Wildman–Crippen MR) is 106 cm³/mol. The second kappa shape index (κ2) is 6.14. The largest absolute Gasteiger partial charge is 0.325 e. The van der Waals surface area contributed by atoms with Crippen molar-refractivity contribution in [2.75, 3.05) is 0 Å². The molecule has 3 nitrogen and oxygen atoms in total. The van der Waals surface area contributed by atoms with Crippen LogP contribution in [0, 0.1) is 20.8 Å². The first-order chi connectivity index (χ1) is 12.1. The van der Waals surface area contributed by atoms with Gasteiger partial charge in [0, 0.05) is 17.5 Å². The molecule has 0 saturated carbocycles. The van der Waals surface area contributed by atoms with Crippen LogP contribution in [-0.4, -0.2) is 9.38 Å². The zero-order valence-corrected chi connectivity index (χ0v) is 15.5. The number of hydrogen-bond acceptors (Lipinski definition) is 3. The van der Waals surface area contributed by atoms with Gasteiger partial charge in [-0.05, 0) is 43.5 Å². The lowest BCUT2D eigenvalue weighted by molar-refractivity contribution is 0.973. The molecular formula is C21H21N3S. The van der Waals surface area contributed by atoms with Crippen molar-refractivity contribution in [1.82, 2.24) is 9.38 Å². The molecule has 0 atom stereocenters. The topological polar surface area (TPSA) is 43.3 Å². The molecule has 2 N–H and O–H groups in total. The van der Waals surface area contributed by atoms with Crippen LogP contribution < -0.4 is 5.73 Å². The number of aryl methyl sites for hydroxylation is 3. The molecule has 4 rings (SSSR count). The number of imidazole rings is 1. The summed E-state index contributed by atoms with van der Waals surface area (Å²) in [6.07, 6.45) is 0. The standard InChI is InChI=1S/C21H21N3S/c1-13-4-7-16(8-5-13)20-18(11-22)24-19(12-25-21(24)23-20)17-9-6-14(2)15(3)10-17/h4-10,12H,11,22H2,1-3H3. The molecule has 126 valence electrons. The van der Waals surface area contributed by atoms with E-state index in [-0.39, 0.29) is 0 Å². The van der Waals surface area contributed by atoms with Gasteiger partial charge in [0.15, 0.2) is 4.96 Å². The molecule has 0 bridgehead atoms. The second-order valence-corrected chi connectivity index (χ2v) is 7.35. The molecule has 0 aliphatic rings. The lowest BCUT2D eigenvalue weighted by atomic mass is 10.0. The maximum absolute atomic E-state index is 6.13. The first kappa shape index (κ1) is 16.1. The van der Waals surface area contributed by atoms with Crippen LogP contribution in [-0.2, 0) is 6.54 Å². The van der Waals surface area contributed by atoms with Gasteiger partial charge in [0.2, 0.25) is 0 Å². The summed E-state index contributed by atoms with van der Waals surface area (Å²) in [5.41, 5.74) is 15.5. The number of fused-ring (bicyclic) bond motifs is 1. The lowest BCUT2D eigenvalue weighted by Crippen LogP contribution is -2.03. The van der Waals surface area contributed by atoms with Gasteiger partial charge < -0.3 is 5.73 Å². The minimum absolute atomic E-state index is 0.457. The van der Waals surface area contributed by atoms with Gasteiger partial charge in [-0.25, -0.2) is 4.98 Å². The van der Waals surface area contributed by atoms with E-state index in [1.165, 1.54) is 22.3 Å². The van der Waals surface area contributed by atoms with E-state index < -0.39 is 0 Å². The fourth-order valence-electron chi connectivity index (χ4n) is 3.15. The molecule has 0 spiro atoms. The SMILES string of the molecule is Cc1ccc(-c2nc3scc(-c4ccc(C)c(C)c4)n3c2CN)cc1. The number of thiazole rings is 1. The Labute approximate surface area is 151 Å². The third-order valence-electron chi connectivity index (χ3n) is 4.78. The van der Waals surface area contributed by atoms with E-state index >= 15 is 0 Å². The fourth-order valence-corrected chi connectivity index (χ4v) is 4.07. The highest BCUT2D eigenvalue weighted by Gasteiger charge is 2.18. The molecule has 0 radical (unpaired) electrons. The van der Waals surface area contributed by atoms with E-state index in [2.05, 4.69) is 73.0 Å². The molecule has 0 fully saturated rings. The van der Waals surface area contributed by atoms with Crippen molar-refractivity contribution in [2.45, 2.75) is 27.3 Å². The van der Waals surface area contributed by atoms with Crippen LogP contribution >= 0.6 is 11.3 Å². The third-order valence-corrected chi connectivity index (χ3v) is 5.61. The minimum Gasteiger partial charge on any atom is -0.325 e. The average molecular weight is 347 g/mol. The quantitative estimate of drug-likeness (QED) is 0.559. The van der Waals surface area contributed by atoms with Crippen molar-refractivity contribution in [3.05, 3.63) is 70.2 Å². The van der Waals surface area contributed by atoms with Crippen LogP contribution in [0.3, 0.4) is 0 Å². The van der Waals surface area contributed by atoms with Gasteiger partial charge in [-0.3, -0.25) is 4.40 Å². The molecule has 2 aromatic heterocycles. The van der Waals surface area contributed by atoms with E-state index in [9.17, 15) is 0 Å². The van der Waals surface area contributed by atoms with Crippen LogP contribution in [0.15, 0.2) is 47.8 Å². The number of nitrogens with zero attached hydrogens (tertiary/aromatic N) is 2.